The minimum absolute atomic E-state index is 0.899. The Hall–Kier alpha value is -2.47. The zero-order valence-corrected chi connectivity index (χ0v) is 12.3. The molecule has 0 aromatic carbocycles. The number of hydrogen-bond acceptors (Lipinski definition) is 5. The summed E-state index contributed by atoms with van der Waals surface area (Å²) < 4.78 is 2.07. The first kappa shape index (κ1) is 13.2. The van der Waals surface area contributed by atoms with E-state index in [0.29, 0.717) is 0 Å². The summed E-state index contributed by atoms with van der Waals surface area (Å²) in [5.74, 6) is 0.967. The van der Waals surface area contributed by atoms with Gasteiger partial charge in [-0.25, -0.2) is 9.97 Å². The van der Waals surface area contributed by atoms with Crippen LogP contribution in [-0.2, 0) is 6.54 Å². The van der Waals surface area contributed by atoms with E-state index < -0.39 is 0 Å². The summed E-state index contributed by atoms with van der Waals surface area (Å²) >= 11 is 0. The van der Waals surface area contributed by atoms with Gasteiger partial charge in [0.05, 0.1) is 11.9 Å². The second-order valence-corrected chi connectivity index (χ2v) is 5.53. The Balaban J connectivity index is 1.39. The van der Waals surface area contributed by atoms with E-state index in [-0.39, 0.29) is 0 Å². The topological polar surface area (TPSA) is 49.6 Å². The van der Waals surface area contributed by atoms with Crippen molar-refractivity contribution in [2.45, 2.75) is 6.54 Å². The fourth-order valence-corrected chi connectivity index (χ4v) is 2.88. The maximum absolute atomic E-state index is 4.67. The lowest BCUT2D eigenvalue weighted by molar-refractivity contribution is 0.247. The number of aromatic nitrogens is 4. The standard InChI is InChI=1S/C16H18N6/c1-2-6-22-13-14(19-15(22)3-1)12-20-7-9-21(10-8-20)16-11-17-4-5-18-16/h1-6,11,13H,7-10,12H2. The van der Waals surface area contributed by atoms with E-state index in [1.54, 1.807) is 12.4 Å². The molecule has 0 radical (unpaired) electrons. The van der Waals surface area contributed by atoms with Gasteiger partial charge in [0.1, 0.15) is 11.5 Å². The molecule has 112 valence electrons. The monoisotopic (exact) mass is 294 g/mol. The van der Waals surface area contributed by atoms with Crippen molar-refractivity contribution in [1.82, 2.24) is 24.3 Å². The minimum Gasteiger partial charge on any atom is -0.353 e. The zero-order chi connectivity index (χ0) is 14.8. The third-order valence-corrected chi connectivity index (χ3v) is 4.05. The van der Waals surface area contributed by atoms with Gasteiger partial charge in [-0.3, -0.25) is 9.88 Å². The Morgan fingerprint density at radius 3 is 2.73 bits per heavy atom. The van der Waals surface area contributed by atoms with Crippen LogP contribution in [0.2, 0.25) is 0 Å². The molecule has 6 heteroatoms. The van der Waals surface area contributed by atoms with Gasteiger partial charge in [-0.05, 0) is 12.1 Å². The maximum atomic E-state index is 4.67. The number of nitrogens with zero attached hydrogens (tertiary/aromatic N) is 6. The van der Waals surface area contributed by atoms with Gasteiger partial charge in [0.25, 0.3) is 0 Å². The number of pyridine rings is 1. The van der Waals surface area contributed by atoms with Crippen LogP contribution >= 0.6 is 0 Å². The van der Waals surface area contributed by atoms with Crippen LogP contribution < -0.4 is 4.90 Å². The molecule has 4 rings (SSSR count). The van der Waals surface area contributed by atoms with Crippen molar-refractivity contribution in [3.8, 4) is 0 Å². The maximum Gasteiger partial charge on any atom is 0.147 e. The van der Waals surface area contributed by atoms with Gasteiger partial charge in [0, 0.05) is 57.5 Å². The molecular formula is C16H18N6. The van der Waals surface area contributed by atoms with E-state index in [9.17, 15) is 0 Å². The highest BCUT2D eigenvalue weighted by Crippen LogP contribution is 2.14. The fraction of sp³-hybridized carbons (Fsp3) is 0.312. The Morgan fingerprint density at radius 1 is 1.05 bits per heavy atom. The summed E-state index contributed by atoms with van der Waals surface area (Å²) in [4.78, 5) is 17.9. The average molecular weight is 294 g/mol. The van der Waals surface area contributed by atoms with E-state index in [4.69, 9.17) is 0 Å². The number of hydrogen-bond donors (Lipinski definition) is 0. The zero-order valence-electron chi connectivity index (χ0n) is 12.3. The normalized spacial score (nSPS) is 16.3. The molecule has 0 atom stereocenters. The summed E-state index contributed by atoms with van der Waals surface area (Å²) in [6.07, 6.45) is 9.45. The summed E-state index contributed by atoms with van der Waals surface area (Å²) in [5, 5.41) is 0. The van der Waals surface area contributed by atoms with Crippen LogP contribution in [0.3, 0.4) is 0 Å². The molecule has 1 aliphatic rings. The summed E-state index contributed by atoms with van der Waals surface area (Å²) in [5.41, 5.74) is 2.13. The quantitative estimate of drug-likeness (QED) is 0.732. The van der Waals surface area contributed by atoms with Gasteiger partial charge in [-0.2, -0.15) is 0 Å². The molecule has 3 aromatic heterocycles. The molecule has 22 heavy (non-hydrogen) atoms. The van der Waals surface area contributed by atoms with Gasteiger partial charge >= 0.3 is 0 Å². The lowest BCUT2D eigenvalue weighted by Crippen LogP contribution is -2.46. The molecule has 6 nitrogen and oxygen atoms in total. The lowest BCUT2D eigenvalue weighted by Gasteiger charge is -2.34. The van der Waals surface area contributed by atoms with Crippen LogP contribution in [0.5, 0.6) is 0 Å². The molecule has 3 aromatic rings. The number of rotatable bonds is 3. The summed E-state index contributed by atoms with van der Waals surface area (Å²) in [6, 6.07) is 6.08. The number of piperazine rings is 1. The first-order valence-corrected chi connectivity index (χ1v) is 7.54. The molecule has 0 amide bonds. The second-order valence-electron chi connectivity index (χ2n) is 5.53. The smallest absolute Gasteiger partial charge is 0.147 e. The predicted molar refractivity (Wildman–Crippen MR) is 84.7 cm³/mol. The van der Waals surface area contributed by atoms with Gasteiger partial charge in [-0.1, -0.05) is 6.07 Å². The molecule has 0 aliphatic carbocycles. The Morgan fingerprint density at radius 2 is 1.95 bits per heavy atom. The van der Waals surface area contributed by atoms with Crippen LogP contribution in [0.1, 0.15) is 5.69 Å². The number of fused-ring (bicyclic) bond motifs is 1. The van der Waals surface area contributed by atoms with E-state index in [0.717, 1.165) is 49.9 Å². The van der Waals surface area contributed by atoms with Crippen LogP contribution in [0.25, 0.3) is 5.65 Å². The van der Waals surface area contributed by atoms with Crippen molar-refractivity contribution in [2.75, 3.05) is 31.1 Å². The Labute approximate surface area is 129 Å². The third-order valence-electron chi connectivity index (χ3n) is 4.05. The molecule has 1 saturated heterocycles. The fourth-order valence-electron chi connectivity index (χ4n) is 2.88. The predicted octanol–water partition coefficient (Wildman–Crippen LogP) is 1.45. The molecule has 0 saturated carbocycles. The number of imidazole rings is 1. The summed E-state index contributed by atoms with van der Waals surface area (Å²) in [6.45, 7) is 4.89. The van der Waals surface area contributed by atoms with Crippen molar-refractivity contribution in [3.63, 3.8) is 0 Å². The lowest BCUT2D eigenvalue weighted by atomic mass is 10.3. The molecular weight excluding hydrogens is 276 g/mol. The highest BCUT2D eigenvalue weighted by molar-refractivity contribution is 5.39. The van der Waals surface area contributed by atoms with E-state index >= 15 is 0 Å². The van der Waals surface area contributed by atoms with Crippen molar-refractivity contribution >= 4 is 11.5 Å². The average Bonchev–Trinajstić information content (AvgIpc) is 2.98. The van der Waals surface area contributed by atoms with Gasteiger partial charge in [-0.15, -0.1) is 0 Å². The Kier molecular flexibility index (Phi) is 3.44. The van der Waals surface area contributed by atoms with Gasteiger partial charge < -0.3 is 9.30 Å². The molecule has 0 spiro atoms. The molecule has 1 fully saturated rings. The van der Waals surface area contributed by atoms with Crippen LogP contribution in [0, 0.1) is 0 Å². The number of anilines is 1. The highest BCUT2D eigenvalue weighted by atomic mass is 15.3. The summed E-state index contributed by atoms with van der Waals surface area (Å²) in [7, 11) is 0. The van der Waals surface area contributed by atoms with Crippen molar-refractivity contribution in [1.29, 1.82) is 0 Å². The SMILES string of the molecule is c1ccn2cc(CN3CCN(c4cnccn4)CC3)nc2c1. The molecule has 1 aliphatic heterocycles. The van der Waals surface area contributed by atoms with Crippen LogP contribution in [0.4, 0.5) is 5.82 Å². The third kappa shape index (κ3) is 2.65. The molecule has 4 heterocycles. The molecule has 0 bridgehead atoms. The van der Waals surface area contributed by atoms with Gasteiger partial charge in [0.15, 0.2) is 0 Å². The second kappa shape index (κ2) is 5.73. The van der Waals surface area contributed by atoms with Crippen LogP contribution in [0.15, 0.2) is 49.2 Å². The van der Waals surface area contributed by atoms with Crippen molar-refractivity contribution in [3.05, 3.63) is 54.9 Å². The van der Waals surface area contributed by atoms with Gasteiger partial charge in [0.2, 0.25) is 0 Å². The molecule has 0 N–H and O–H groups in total. The first-order chi connectivity index (χ1) is 10.9. The minimum atomic E-state index is 0.899. The Bertz CT molecular complexity index is 712. The van der Waals surface area contributed by atoms with E-state index in [2.05, 4.69) is 35.3 Å². The highest BCUT2D eigenvalue weighted by Gasteiger charge is 2.18. The largest absolute Gasteiger partial charge is 0.353 e. The van der Waals surface area contributed by atoms with E-state index in [1.807, 2.05) is 30.6 Å². The van der Waals surface area contributed by atoms with Crippen LogP contribution in [-0.4, -0.2) is 50.4 Å². The molecule has 0 unspecified atom stereocenters. The van der Waals surface area contributed by atoms with Crippen molar-refractivity contribution in [2.24, 2.45) is 0 Å². The first-order valence-electron chi connectivity index (χ1n) is 7.54. The van der Waals surface area contributed by atoms with E-state index in [1.165, 1.54) is 0 Å². The van der Waals surface area contributed by atoms with Crippen molar-refractivity contribution < 1.29 is 0 Å².